The number of nitrogens with one attached hydrogen (secondary N) is 1. The number of thiazole rings is 1. The van der Waals surface area contributed by atoms with Gasteiger partial charge in [0, 0.05) is 10.6 Å². The van der Waals surface area contributed by atoms with Crippen LogP contribution in [0.15, 0.2) is 42.5 Å². The van der Waals surface area contributed by atoms with Crippen molar-refractivity contribution in [1.82, 2.24) is 4.98 Å². The minimum atomic E-state index is -0.216. The highest BCUT2D eigenvalue weighted by Crippen LogP contribution is 2.28. The van der Waals surface area contributed by atoms with Crippen LogP contribution in [0.1, 0.15) is 17.3 Å². The number of rotatable bonds is 4. The predicted octanol–water partition coefficient (Wildman–Crippen LogP) is 4.60. The summed E-state index contributed by atoms with van der Waals surface area (Å²) in [7, 11) is 0. The zero-order chi connectivity index (χ0) is 15.5. The van der Waals surface area contributed by atoms with Crippen molar-refractivity contribution >= 4 is 44.2 Å². The Bertz CT molecular complexity index is 832. The highest BCUT2D eigenvalue weighted by molar-refractivity contribution is 7.22. The third kappa shape index (κ3) is 3.21. The van der Waals surface area contributed by atoms with Gasteiger partial charge in [-0.15, -0.1) is 0 Å². The number of carbonyl (C=O) groups excluding carboxylic acids is 1. The van der Waals surface area contributed by atoms with E-state index in [1.807, 2.05) is 19.1 Å². The van der Waals surface area contributed by atoms with Gasteiger partial charge < -0.3 is 4.74 Å². The van der Waals surface area contributed by atoms with Crippen LogP contribution in [0.2, 0.25) is 5.02 Å². The topological polar surface area (TPSA) is 51.2 Å². The van der Waals surface area contributed by atoms with Crippen molar-refractivity contribution in [3.8, 4) is 5.75 Å². The van der Waals surface area contributed by atoms with E-state index in [-0.39, 0.29) is 5.91 Å². The number of anilines is 1. The average Bonchev–Trinajstić information content (AvgIpc) is 2.89. The Hall–Kier alpha value is -2.11. The van der Waals surface area contributed by atoms with Crippen LogP contribution in [-0.2, 0) is 0 Å². The van der Waals surface area contributed by atoms with E-state index in [2.05, 4.69) is 10.3 Å². The van der Waals surface area contributed by atoms with Crippen LogP contribution >= 0.6 is 22.9 Å². The van der Waals surface area contributed by atoms with Crippen LogP contribution in [0.5, 0.6) is 5.75 Å². The molecule has 0 saturated heterocycles. The second-order valence-electron chi connectivity index (χ2n) is 4.55. The Kier molecular flexibility index (Phi) is 4.27. The van der Waals surface area contributed by atoms with Crippen molar-refractivity contribution < 1.29 is 9.53 Å². The molecule has 1 heterocycles. The number of halogens is 1. The van der Waals surface area contributed by atoms with Crippen LogP contribution < -0.4 is 10.1 Å². The van der Waals surface area contributed by atoms with E-state index in [9.17, 15) is 4.79 Å². The first kappa shape index (κ1) is 14.8. The molecule has 0 saturated carbocycles. The largest absolute Gasteiger partial charge is 0.494 e. The number of hydrogen-bond donors (Lipinski definition) is 1. The molecule has 0 bridgehead atoms. The molecule has 112 valence electrons. The molecule has 22 heavy (non-hydrogen) atoms. The summed E-state index contributed by atoms with van der Waals surface area (Å²) in [4.78, 5) is 16.7. The number of ether oxygens (including phenoxy) is 1. The molecule has 0 aliphatic carbocycles. The number of aromatic nitrogens is 1. The minimum Gasteiger partial charge on any atom is -0.494 e. The van der Waals surface area contributed by atoms with Crippen LogP contribution in [-0.4, -0.2) is 17.5 Å². The lowest BCUT2D eigenvalue weighted by atomic mass is 10.2. The lowest BCUT2D eigenvalue weighted by molar-refractivity contribution is 0.102. The lowest BCUT2D eigenvalue weighted by Crippen LogP contribution is -2.11. The Morgan fingerprint density at radius 1 is 1.32 bits per heavy atom. The Labute approximate surface area is 136 Å². The Morgan fingerprint density at radius 2 is 2.18 bits per heavy atom. The van der Waals surface area contributed by atoms with E-state index in [0.29, 0.717) is 28.1 Å². The summed E-state index contributed by atoms with van der Waals surface area (Å²) in [5, 5.41) is 3.98. The van der Waals surface area contributed by atoms with Gasteiger partial charge in [-0.1, -0.05) is 29.0 Å². The normalized spacial score (nSPS) is 10.6. The van der Waals surface area contributed by atoms with Crippen molar-refractivity contribution in [2.24, 2.45) is 0 Å². The van der Waals surface area contributed by atoms with E-state index in [4.69, 9.17) is 16.3 Å². The first-order valence-electron chi connectivity index (χ1n) is 6.76. The van der Waals surface area contributed by atoms with Gasteiger partial charge in [0.1, 0.15) is 5.75 Å². The summed E-state index contributed by atoms with van der Waals surface area (Å²) in [6.07, 6.45) is 0. The molecule has 0 unspecified atom stereocenters. The van der Waals surface area contributed by atoms with Gasteiger partial charge in [-0.2, -0.15) is 0 Å². The van der Waals surface area contributed by atoms with Crippen molar-refractivity contribution in [2.75, 3.05) is 11.9 Å². The maximum Gasteiger partial charge on any atom is 0.257 e. The summed E-state index contributed by atoms with van der Waals surface area (Å²) in [5.74, 6) is 0.456. The molecule has 0 spiro atoms. The van der Waals surface area contributed by atoms with Gasteiger partial charge in [-0.25, -0.2) is 4.98 Å². The van der Waals surface area contributed by atoms with Crippen LogP contribution in [0.4, 0.5) is 5.13 Å². The van der Waals surface area contributed by atoms with E-state index in [1.54, 1.807) is 30.3 Å². The molecule has 0 radical (unpaired) electrons. The molecule has 1 amide bonds. The van der Waals surface area contributed by atoms with Gasteiger partial charge in [-0.05, 0) is 43.3 Å². The van der Waals surface area contributed by atoms with Gasteiger partial charge >= 0.3 is 0 Å². The molecule has 0 aliphatic heterocycles. The van der Waals surface area contributed by atoms with Gasteiger partial charge in [0.25, 0.3) is 5.91 Å². The summed E-state index contributed by atoms with van der Waals surface area (Å²) >= 11 is 7.35. The van der Waals surface area contributed by atoms with Gasteiger partial charge in [0.15, 0.2) is 5.13 Å². The van der Waals surface area contributed by atoms with E-state index >= 15 is 0 Å². The van der Waals surface area contributed by atoms with Crippen molar-refractivity contribution in [3.05, 3.63) is 53.1 Å². The average molecular weight is 333 g/mol. The molecule has 6 heteroatoms. The zero-order valence-electron chi connectivity index (χ0n) is 11.8. The molecule has 0 atom stereocenters. The molecule has 1 N–H and O–H groups in total. The van der Waals surface area contributed by atoms with Crippen LogP contribution in [0, 0.1) is 0 Å². The summed E-state index contributed by atoms with van der Waals surface area (Å²) in [6.45, 7) is 2.46. The molecule has 0 fully saturated rings. The van der Waals surface area contributed by atoms with Gasteiger partial charge in [-0.3, -0.25) is 10.1 Å². The van der Waals surface area contributed by atoms with Crippen molar-refractivity contribution in [2.45, 2.75) is 6.92 Å². The number of nitrogens with zero attached hydrogens (tertiary/aromatic N) is 1. The molecular formula is C16H13ClN2O2S. The van der Waals surface area contributed by atoms with Gasteiger partial charge in [0.05, 0.1) is 16.8 Å². The van der Waals surface area contributed by atoms with Crippen LogP contribution in [0.3, 0.4) is 0 Å². The number of hydrogen-bond acceptors (Lipinski definition) is 4. The van der Waals surface area contributed by atoms with E-state index < -0.39 is 0 Å². The summed E-state index contributed by atoms with van der Waals surface area (Å²) in [5.41, 5.74) is 1.30. The molecule has 3 rings (SSSR count). The van der Waals surface area contributed by atoms with Crippen molar-refractivity contribution in [3.63, 3.8) is 0 Å². The molecule has 2 aromatic carbocycles. The third-order valence-corrected chi connectivity index (χ3v) is 4.16. The Morgan fingerprint density at radius 3 is 3.00 bits per heavy atom. The fraction of sp³-hybridized carbons (Fsp3) is 0.125. The third-order valence-electron chi connectivity index (χ3n) is 2.98. The summed E-state index contributed by atoms with van der Waals surface area (Å²) < 4.78 is 6.38. The predicted molar refractivity (Wildman–Crippen MR) is 90.2 cm³/mol. The molecular weight excluding hydrogens is 320 g/mol. The fourth-order valence-corrected chi connectivity index (χ4v) is 3.02. The number of benzene rings is 2. The number of carbonyl (C=O) groups is 1. The number of fused-ring (bicyclic) bond motifs is 1. The summed E-state index contributed by atoms with van der Waals surface area (Å²) in [6, 6.07) is 12.5. The van der Waals surface area contributed by atoms with E-state index in [0.717, 1.165) is 10.2 Å². The highest BCUT2D eigenvalue weighted by Gasteiger charge is 2.11. The molecule has 0 aliphatic rings. The molecule has 3 aromatic rings. The monoisotopic (exact) mass is 332 g/mol. The minimum absolute atomic E-state index is 0.216. The smallest absolute Gasteiger partial charge is 0.257 e. The first-order chi connectivity index (χ1) is 10.7. The second kappa shape index (κ2) is 6.34. The quantitative estimate of drug-likeness (QED) is 0.759. The van der Waals surface area contributed by atoms with Gasteiger partial charge in [0.2, 0.25) is 0 Å². The second-order valence-corrected chi connectivity index (χ2v) is 6.01. The maximum atomic E-state index is 12.3. The standard InChI is InChI=1S/C16H13ClN2O2S/c1-2-21-12-5-3-4-10(8-12)15(20)19-16-18-13-9-11(17)6-7-14(13)22-16/h3-9H,2H2,1H3,(H,18,19,20). The first-order valence-corrected chi connectivity index (χ1v) is 7.95. The van der Waals surface area contributed by atoms with Crippen molar-refractivity contribution in [1.29, 1.82) is 0 Å². The number of amides is 1. The van der Waals surface area contributed by atoms with Crippen LogP contribution in [0.25, 0.3) is 10.2 Å². The fourth-order valence-electron chi connectivity index (χ4n) is 2.02. The lowest BCUT2D eigenvalue weighted by Gasteiger charge is -2.05. The molecule has 1 aromatic heterocycles. The SMILES string of the molecule is CCOc1cccc(C(=O)Nc2nc3cc(Cl)ccc3s2)c1. The Balaban J connectivity index is 1.81. The van der Waals surface area contributed by atoms with E-state index in [1.165, 1.54) is 11.3 Å². The maximum absolute atomic E-state index is 12.3. The highest BCUT2D eigenvalue weighted by atomic mass is 35.5. The zero-order valence-corrected chi connectivity index (χ0v) is 13.4. The molecule has 4 nitrogen and oxygen atoms in total.